The minimum absolute atomic E-state index is 0. The van der Waals surface area contributed by atoms with Crippen LogP contribution in [-0.4, -0.2) is 21.1 Å². The highest BCUT2D eigenvalue weighted by Crippen LogP contribution is 2.38. The van der Waals surface area contributed by atoms with Gasteiger partial charge >= 0.3 is 0 Å². The van der Waals surface area contributed by atoms with Gasteiger partial charge in [-0.1, -0.05) is 24.3 Å². The Morgan fingerprint density at radius 1 is 1.21 bits per heavy atom. The van der Waals surface area contributed by atoms with E-state index in [9.17, 15) is 4.79 Å². The van der Waals surface area contributed by atoms with E-state index in [4.69, 9.17) is 5.73 Å². The number of aryl methyl sites for hydroxylation is 1. The molecule has 1 unspecified atom stereocenters. The number of amides is 1. The minimum atomic E-state index is -0.507. The van der Waals surface area contributed by atoms with Crippen LogP contribution in [0.4, 0.5) is 5.69 Å². The average molecular weight is 398 g/mol. The van der Waals surface area contributed by atoms with Gasteiger partial charge in [0.1, 0.15) is 5.82 Å². The van der Waals surface area contributed by atoms with Gasteiger partial charge in [0.25, 0.3) is 0 Å². The number of fused-ring (bicyclic) bond motifs is 1. The number of anilines is 1. The molecule has 4 N–H and O–H groups in total. The van der Waals surface area contributed by atoms with Crippen LogP contribution in [0, 0.1) is 0 Å². The Morgan fingerprint density at radius 2 is 1.96 bits per heavy atom. The van der Waals surface area contributed by atoms with E-state index in [0.717, 1.165) is 36.1 Å². The SMILES string of the molecule is CC1(C(=O)Nc2ccc(-c3n[nH]c(CN)n3)cc2)CCCc2ccccc21.Cl. The lowest BCUT2D eigenvalue weighted by Crippen LogP contribution is -2.40. The molecule has 7 heteroatoms. The van der Waals surface area contributed by atoms with E-state index in [1.165, 1.54) is 5.56 Å². The van der Waals surface area contributed by atoms with Crippen LogP contribution in [0.2, 0.25) is 0 Å². The Balaban J connectivity index is 0.00000225. The quantitative estimate of drug-likeness (QED) is 0.626. The van der Waals surface area contributed by atoms with E-state index in [1.54, 1.807) is 0 Å². The number of halogens is 1. The fourth-order valence-electron chi connectivity index (χ4n) is 3.77. The molecule has 0 bridgehead atoms. The number of aromatic amines is 1. The van der Waals surface area contributed by atoms with Crippen molar-refractivity contribution in [2.75, 3.05) is 5.32 Å². The van der Waals surface area contributed by atoms with Crippen molar-refractivity contribution in [3.8, 4) is 11.4 Å². The summed E-state index contributed by atoms with van der Waals surface area (Å²) < 4.78 is 0. The molecule has 1 heterocycles. The first-order valence-corrected chi connectivity index (χ1v) is 9.22. The van der Waals surface area contributed by atoms with Gasteiger partial charge in [0.2, 0.25) is 5.91 Å². The molecule has 0 aliphatic heterocycles. The van der Waals surface area contributed by atoms with Crippen molar-refractivity contribution < 1.29 is 4.79 Å². The fourth-order valence-corrected chi connectivity index (χ4v) is 3.77. The van der Waals surface area contributed by atoms with Crippen LogP contribution in [0.3, 0.4) is 0 Å². The Labute approximate surface area is 170 Å². The van der Waals surface area contributed by atoms with Crippen LogP contribution < -0.4 is 11.1 Å². The topological polar surface area (TPSA) is 96.7 Å². The van der Waals surface area contributed by atoms with Crippen molar-refractivity contribution in [1.82, 2.24) is 15.2 Å². The summed E-state index contributed by atoms with van der Waals surface area (Å²) in [6.45, 7) is 2.36. The van der Waals surface area contributed by atoms with E-state index < -0.39 is 5.41 Å². The molecular formula is C21H24ClN5O. The van der Waals surface area contributed by atoms with Crippen LogP contribution in [0.15, 0.2) is 48.5 Å². The van der Waals surface area contributed by atoms with Gasteiger partial charge in [-0.3, -0.25) is 9.89 Å². The highest BCUT2D eigenvalue weighted by atomic mass is 35.5. The third-order valence-electron chi connectivity index (χ3n) is 5.36. The van der Waals surface area contributed by atoms with E-state index in [1.807, 2.05) is 43.3 Å². The third-order valence-corrected chi connectivity index (χ3v) is 5.36. The monoisotopic (exact) mass is 397 g/mol. The van der Waals surface area contributed by atoms with Crippen molar-refractivity contribution in [1.29, 1.82) is 0 Å². The third kappa shape index (κ3) is 3.66. The number of benzene rings is 2. The van der Waals surface area contributed by atoms with Gasteiger partial charge in [0.15, 0.2) is 5.82 Å². The fraction of sp³-hybridized carbons (Fsp3) is 0.286. The van der Waals surface area contributed by atoms with Gasteiger partial charge in [-0.15, -0.1) is 12.4 Å². The second-order valence-corrected chi connectivity index (χ2v) is 7.18. The Kier molecular flexibility index (Phi) is 5.82. The van der Waals surface area contributed by atoms with Gasteiger partial charge in [0.05, 0.1) is 12.0 Å². The van der Waals surface area contributed by atoms with Crippen molar-refractivity contribution in [3.05, 3.63) is 65.5 Å². The molecule has 3 aromatic rings. The van der Waals surface area contributed by atoms with Gasteiger partial charge < -0.3 is 11.1 Å². The molecule has 4 rings (SSSR count). The lowest BCUT2D eigenvalue weighted by atomic mass is 9.70. The van der Waals surface area contributed by atoms with E-state index >= 15 is 0 Å². The number of carbonyl (C=O) groups is 1. The Morgan fingerprint density at radius 3 is 2.68 bits per heavy atom. The standard InChI is InChI=1S/C21H23N5O.ClH/c1-21(12-4-6-14-5-2-3-7-17(14)21)20(27)23-16-10-8-15(9-11-16)19-24-18(13-22)25-26-19;/h2-3,5,7-11H,4,6,12-13,22H2,1H3,(H,23,27)(H,24,25,26);1H. The predicted molar refractivity (Wildman–Crippen MR) is 112 cm³/mol. The van der Waals surface area contributed by atoms with E-state index in [2.05, 4.69) is 32.6 Å². The molecule has 28 heavy (non-hydrogen) atoms. The van der Waals surface area contributed by atoms with E-state index in [0.29, 0.717) is 18.2 Å². The zero-order valence-corrected chi connectivity index (χ0v) is 16.6. The highest BCUT2D eigenvalue weighted by molar-refractivity contribution is 5.99. The predicted octanol–water partition coefficient (Wildman–Crippen LogP) is 3.58. The molecule has 2 aromatic carbocycles. The maximum absolute atomic E-state index is 13.1. The molecule has 0 saturated carbocycles. The molecule has 0 radical (unpaired) electrons. The lowest BCUT2D eigenvalue weighted by Gasteiger charge is -2.34. The number of hydrogen-bond donors (Lipinski definition) is 3. The lowest BCUT2D eigenvalue weighted by molar-refractivity contribution is -0.121. The first-order valence-electron chi connectivity index (χ1n) is 9.22. The van der Waals surface area contributed by atoms with Gasteiger partial charge in [-0.05, 0) is 61.6 Å². The van der Waals surface area contributed by atoms with Crippen LogP contribution in [0.25, 0.3) is 11.4 Å². The summed E-state index contributed by atoms with van der Waals surface area (Å²) in [6, 6.07) is 15.8. The number of rotatable bonds is 4. The number of nitrogens with two attached hydrogens (primary N) is 1. The smallest absolute Gasteiger partial charge is 0.234 e. The van der Waals surface area contributed by atoms with Crippen LogP contribution in [0.5, 0.6) is 0 Å². The molecule has 1 aliphatic rings. The first-order chi connectivity index (χ1) is 13.1. The second-order valence-electron chi connectivity index (χ2n) is 7.18. The van der Waals surface area contributed by atoms with Crippen molar-refractivity contribution in [2.24, 2.45) is 5.73 Å². The minimum Gasteiger partial charge on any atom is -0.325 e. The number of carbonyl (C=O) groups excluding carboxylic acids is 1. The first kappa shape index (κ1) is 20.0. The number of nitrogens with one attached hydrogen (secondary N) is 2. The molecular weight excluding hydrogens is 374 g/mol. The molecule has 1 atom stereocenters. The van der Waals surface area contributed by atoms with Crippen LogP contribution in [-0.2, 0) is 23.2 Å². The van der Waals surface area contributed by atoms with Gasteiger partial charge in [0, 0.05) is 11.3 Å². The normalized spacial score (nSPS) is 18.1. The summed E-state index contributed by atoms with van der Waals surface area (Å²) in [4.78, 5) is 17.4. The zero-order chi connectivity index (χ0) is 18.9. The zero-order valence-electron chi connectivity index (χ0n) is 15.7. The van der Waals surface area contributed by atoms with Crippen molar-refractivity contribution >= 4 is 24.0 Å². The van der Waals surface area contributed by atoms with E-state index in [-0.39, 0.29) is 18.3 Å². The maximum atomic E-state index is 13.1. The number of H-pyrrole nitrogens is 1. The molecule has 146 valence electrons. The summed E-state index contributed by atoms with van der Waals surface area (Å²) in [6.07, 6.45) is 2.91. The van der Waals surface area contributed by atoms with Crippen LogP contribution >= 0.6 is 12.4 Å². The summed E-state index contributed by atoms with van der Waals surface area (Å²) >= 11 is 0. The molecule has 0 spiro atoms. The number of aromatic nitrogens is 3. The summed E-state index contributed by atoms with van der Waals surface area (Å²) in [7, 11) is 0. The van der Waals surface area contributed by atoms with Crippen LogP contribution in [0.1, 0.15) is 36.7 Å². The van der Waals surface area contributed by atoms with Gasteiger partial charge in [-0.25, -0.2) is 4.98 Å². The Hall–Kier alpha value is -2.70. The van der Waals surface area contributed by atoms with Gasteiger partial charge in [-0.2, -0.15) is 5.10 Å². The molecule has 1 amide bonds. The van der Waals surface area contributed by atoms with Crippen molar-refractivity contribution in [3.63, 3.8) is 0 Å². The highest BCUT2D eigenvalue weighted by Gasteiger charge is 2.38. The number of hydrogen-bond acceptors (Lipinski definition) is 4. The van der Waals surface area contributed by atoms with Crippen molar-refractivity contribution in [2.45, 2.75) is 38.1 Å². The summed E-state index contributed by atoms with van der Waals surface area (Å²) in [5, 5.41) is 10.0. The molecule has 0 fully saturated rings. The second kappa shape index (κ2) is 8.12. The molecule has 1 aromatic heterocycles. The maximum Gasteiger partial charge on any atom is 0.234 e. The molecule has 1 aliphatic carbocycles. The summed E-state index contributed by atoms with van der Waals surface area (Å²) in [5.41, 5.74) is 9.10. The largest absolute Gasteiger partial charge is 0.325 e. The summed E-state index contributed by atoms with van der Waals surface area (Å²) in [5.74, 6) is 1.28. The molecule has 0 saturated heterocycles. The average Bonchev–Trinajstić information content (AvgIpc) is 3.18. The Bertz CT molecular complexity index is 969. The number of nitrogens with zero attached hydrogens (tertiary/aromatic N) is 2. The molecule has 6 nitrogen and oxygen atoms in total.